The minimum absolute atomic E-state index is 0.623. The minimum Gasteiger partial charge on any atom is -0.311 e. The van der Waals surface area contributed by atoms with Gasteiger partial charge in [-0.05, 0) is 95.1 Å². The van der Waals surface area contributed by atoms with Crippen molar-refractivity contribution in [2.75, 3.05) is 9.80 Å². The van der Waals surface area contributed by atoms with Gasteiger partial charge in [0.15, 0.2) is 17.5 Å². The van der Waals surface area contributed by atoms with E-state index in [9.17, 15) is 0 Å². The lowest BCUT2D eigenvalue weighted by Crippen LogP contribution is -2.09. The normalized spacial score (nSPS) is 10.9. The van der Waals surface area contributed by atoms with Gasteiger partial charge in [-0.1, -0.05) is 176 Å². The molecule has 5 nitrogen and oxygen atoms in total. The van der Waals surface area contributed by atoms with Crippen LogP contribution in [0, 0.1) is 0 Å². The second kappa shape index (κ2) is 17.4. The molecule has 0 saturated carbocycles. The molecule has 1 aromatic heterocycles. The highest BCUT2D eigenvalue weighted by Crippen LogP contribution is 2.37. The lowest BCUT2D eigenvalue weighted by molar-refractivity contribution is 1.07. The first-order valence-electron chi connectivity index (χ1n) is 20.8. The molecule has 0 N–H and O–H groups in total. The summed E-state index contributed by atoms with van der Waals surface area (Å²) in [6, 6.07) is 86.3. The Kier molecular flexibility index (Phi) is 10.6. The highest BCUT2D eigenvalue weighted by Gasteiger charge is 2.16. The highest BCUT2D eigenvalue weighted by molar-refractivity contribution is 5.80. The van der Waals surface area contributed by atoms with E-state index in [-0.39, 0.29) is 0 Å². The van der Waals surface area contributed by atoms with Gasteiger partial charge >= 0.3 is 0 Å². The lowest BCUT2D eigenvalue weighted by atomic mass is 10.0. The van der Waals surface area contributed by atoms with Crippen LogP contribution in [0.1, 0.15) is 0 Å². The number of hydrogen-bond acceptors (Lipinski definition) is 5. The molecule has 0 saturated heterocycles. The second-order valence-electron chi connectivity index (χ2n) is 14.9. The zero-order chi connectivity index (χ0) is 41.5. The maximum atomic E-state index is 5.05. The lowest BCUT2D eigenvalue weighted by Gasteiger charge is -2.25. The Hall–Kier alpha value is -8.41. The quantitative estimate of drug-likeness (QED) is 0.130. The van der Waals surface area contributed by atoms with Crippen molar-refractivity contribution in [1.82, 2.24) is 15.0 Å². The first-order chi connectivity index (χ1) is 30.7. The average Bonchev–Trinajstić information content (AvgIpc) is 3.36. The number of anilines is 6. The fraction of sp³-hybridized carbons (Fsp3) is 0. The molecule has 0 bridgehead atoms. The van der Waals surface area contributed by atoms with Crippen molar-refractivity contribution >= 4 is 34.1 Å². The molecule has 0 aliphatic rings. The van der Waals surface area contributed by atoms with Gasteiger partial charge in [-0.3, -0.25) is 0 Å². The number of benzene rings is 9. The largest absolute Gasteiger partial charge is 0.311 e. The number of aromatic nitrogens is 3. The summed E-state index contributed by atoms with van der Waals surface area (Å²) >= 11 is 0. The van der Waals surface area contributed by atoms with Gasteiger partial charge < -0.3 is 9.80 Å². The molecule has 5 heteroatoms. The topological polar surface area (TPSA) is 45.2 Å². The van der Waals surface area contributed by atoms with Gasteiger partial charge in [0.2, 0.25) is 0 Å². The Bertz CT molecular complexity index is 2730. The first-order valence-corrected chi connectivity index (χ1v) is 20.8. The van der Waals surface area contributed by atoms with E-state index in [1.807, 2.05) is 54.6 Å². The van der Waals surface area contributed by atoms with Gasteiger partial charge in [0.1, 0.15) is 0 Å². The van der Waals surface area contributed by atoms with Crippen molar-refractivity contribution < 1.29 is 0 Å². The minimum atomic E-state index is 0.623. The van der Waals surface area contributed by atoms with Gasteiger partial charge in [0, 0.05) is 50.8 Å². The van der Waals surface area contributed by atoms with E-state index >= 15 is 0 Å². The number of hydrogen-bond donors (Lipinski definition) is 0. The highest BCUT2D eigenvalue weighted by atomic mass is 15.1. The molecule has 0 aliphatic heterocycles. The molecule has 0 radical (unpaired) electrons. The molecule has 1 heterocycles. The van der Waals surface area contributed by atoms with E-state index in [0.717, 1.165) is 73.1 Å². The first kappa shape index (κ1) is 37.8. The van der Waals surface area contributed by atoms with Crippen LogP contribution in [0.5, 0.6) is 0 Å². The van der Waals surface area contributed by atoms with Crippen molar-refractivity contribution in [2.24, 2.45) is 0 Å². The van der Waals surface area contributed by atoms with Gasteiger partial charge in [0.25, 0.3) is 0 Å². The predicted octanol–water partition coefficient (Wildman–Crippen LogP) is 15.1. The predicted molar refractivity (Wildman–Crippen MR) is 256 cm³/mol. The van der Waals surface area contributed by atoms with Crippen LogP contribution in [0.3, 0.4) is 0 Å². The van der Waals surface area contributed by atoms with Crippen molar-refractivity contribution in [3.05, 3.63) is 249 Å². The summed E-state index contributed by atoms with van der Waals surface area (Å²) in [5.74, 6) is 1.88. The van der Waals surface area contributed by atoms with Gasteiger partial charge in [-0.2, -0.15) is 0 Å². The average molecular weight is 796 g/mol. The zero-order valence-electron chi connectivity index (χ0n) is 33.9. The van der Waals surface area contributed by atoms with E-state index in [1.165, 1.54) is 0 Å². The van der Waals surface area contributed by atoms with Crippen LogP contribution in [0.2, 0.25) is 0 Å². The van der Waals surface area contributed by atoms with Crippen LogP contribution >= 0.6 is 0 Å². The number of nitrogens with zero attached hydrogens (tertiary/aromatic N) is 5. The standard InChI is InChI=1S/C57H41N5/c1-6-16-46(17-7-1)55-58-56(47-30-26-42(27-31-47)44-34-38-53(39-35-44)61(49-18-8-2-9-19-49)50-20-10-3-11-21-50)60-57(59-55)48-32-28-43(29-33-48)45-36-40-54(41-37-45)62(51-22-12-4-13-23-51)52-24-14-5-15-25-52/h1-41H. The molecule has 10 rings (SSSR count). The van der Waals surface area contributed by atoms with Crippen LogP contribution in [0.4, 0.5) is 34.1 Å². The number of para-hydroxylation sites is 4. The Morgan fingerprint density at radius 2 is 0.371 bits per heavy atom. The summed E-state index contributed by atoms with van der Waals surface area (Å²) < 4.78 is 0. The molecule has 0 atom stereocenters. The molecule has 0 spiro atoms. The third kappa shape index (κ3) is 8.11. The molecule has 9 aromatic carbocycles. The number of rotatable bonds is 11. The summed E-state index contributed by atoms with van der Waals surface area (Å²) in [6.07, 6.45) is 0. The fourth-order valence-electron chi connectivity index (χ4n) is 7.78. The van der Waals surface area contributed by atoms with Crippen molar-refractivity contribution in [1.29, 1.82) is 0 Å². The van der Waals surface area contributed by atoms with Crippen molar-refractivity contribution in [3.63, 3.8) is 0 Å². The van der Waals surface area contributed by atoms with E-state index in [2.05, 4.69) is 204 Å². The molecule has 0 fully saturated rings. The van der Waals surface area contributed by atoms with Crippen LogP contribution in [0.15, 0.2) is 249 Å². The summed E-state index contributed by atoms with van der Waals surface area (Å²) in [6.45, 7) is 0. The molecular formula is C57H41N5. The third-order valence-corrected chi connectivity index (χ3v) is 10.9. The van der Waals surface area contributed by atoms with E-state index in [0.29, 0.717) is 17.5 Å². The monoisotopic (exact) mass is 795 g/mol. The van der Waals surface area contributed by atoms with E-state index in [1.54, 1.807) is 0 Å². The SMILES string of the molecule is c1ccc(-c2nc(-c3ccc(-c4ccc(N(c5ccccc5)c5ccccc5)cc4)cc3)nc(-c3ccc(-c4ccc(N(c5ccccc5)c5ccccc5)cc4)cc3)n2)cc1. The summed E-state index contributed by atoms with van der Waals surface area (Å²) in [4.78, 5) is 19.6. The summed E-state index contributed by atoms with van der Waals surface area (Å²) in [5, 5.41) is 0. The fourth-order valence-corrected chi connectivity index (χ4v) is 7.78. The molecule has 0 aliphatic carbocycles. The maximum Gasteiger partial charge on any atom is 0.164 e. The Morgan fingerprint density at radius 1 is 0.177 bits per heavy atom. The second-order valence-corrected chi connectivity index (χ2v) is 14.9. The van der Waals surface area contributed by atoms with E-state index < -0.39 is 0 Å². The van der Waals surface area contributed by atoms with Crippen molar-refractivity contribution in [2.45, 2.75) is 0 Å². The van der Waals surface area contributed by atoms with Crippen molar-refractivity contribution in [3.8, 4) is 56.4 Å². The molecule has 10 aromatic rings. The third-order valence-electron chi connectivity index (χ3n) is 10.9. The molecular weight excluding hydrogens is 755 g/mol. The summed E-state index contributed by atoms with van der Waals surface area (Å²) in [7, 11) is 0. The molecule has 294 valence electrons. The Morgan fingerprint density at radius 3 is 0.645 bits per heavy atom. The molecule has 0 unspecified atom stereocenters. The molecule has 62 heavy (non-hydrogen) atoms. The molecule has 0 amide bonds. The van der Waals surface area contributed by atoms with Crippen LogP contribution < -0.4 is 9.80 Å². The van der Waals surface area contributed by atoms with Gasteiger partial charge in [-0.25, -0.2) is 15.0 Å². The van der Waals surface area contributed by atoms with Crippen LogP contribution in [-0.2, 0) is 0 Å². The van der Waals surface area contributed by atoms with Crippen LogP contribution in [0.25, 0.3) is 56.4 Å². The Balaban J connectivity index is 0.922. The summed E-state index contributed by atoms with van der Waals surface area (Å²) in [5.41, 5.74) is 13.9. The van der Waals surface area contributed by atoms with Crippen LogP contribution in [-0.4, -0.2) is 15.0 Å². The van der Waals surface area contributed by atoms with Gasteiger partial charge in [0.05, 0.1) is 0 Å². The zero-order valence-corrected chi connectivity index (χ0v) is 33.9. The van der Waals surface area contributed by atoms with Gasteiger partial charge in [-0.15, -0.1) is 0 Å². The van der Waals surface area contributed by atoms with E-state index in [4.69, 9.17) is 15.0 Å². The smallest absolute Gasteiger partial charge is 0.164 e. The Labute approximate surface area is 362 Å². The maximum absolute atomic E-state index is 5.05.